The Bertz CT molecular complexity index is 465. The van der Waals surface area contributed by atoms with Crippen LogP contribution < -0.4 is 5.32 Å². The van der Waals surface area contributed by atoms with E-state index in [1.165, 1.54) is 12.1 Å². The van der Waals surface area contributed by atoms with E-state index in [1.807, 2.05) is 0 Å². The van der Waals surface area contributed by atoms with Crippen molar-refractivity contribution < 1.29 is 14.3 Å². The highest BCUT2D eigenvalue weighted by Gasteiger charge is 2.22. The zero-order chi connectivity index (χ0) is 13.8. The lowest BCUT2D eigenvalue weighted by Gasteiger charge is -2.32. The number of nitrogens with zero attached hydrogens (tertiary/aromatic N) is 1. The largest absolute Gasteiger partial charge is 0.508 e. The number of carbonyl (C=O) groups excluding carboxylic acids is 1. The number of aromatic hydroxyl groups is 1. The molecule has 1 aromatic rings. The van der Waals surface area contributed by atoms with Crippen LogP contribution in [0.25, 0.3) is 0 Å². The first-order valence-electron chi connectivity index (χ1n) is 6.62. The number of rotatable bonds is 3. The highest BCUT2D eigenvalue weighted by Crippen LogP contribution is 2.16. The smallest absolute Gasteiger partial charge is 0.254 e. The van der Waals surface area contributed by atoms with Crippen molar-refractivity contribution in [2.75, 3.05) is 19.6 Å². The third-order valence-corrected chi connectivity index (χ3v) is 3.49. The van der Waals surface area contributed by atoms with Crippen molar-refractivity contribution in [3.63, 3.8) is 0 Å². The van der Waals surface area contributed by atoms with Crippen LogP contribution in [0.15, 0.2) is 18.2 Å². The van der Waals surface area contributed by atoms with Crippen molar-refractivity contribution in [1.82, 2.24) is 10.2 Å². The molecule has 1 amide bonds. The Hall–Kier alpha value is -1.62. The molecule has 1 unspecified atom stereocenters. The molecule has 1 fully saturated rings. The van der Waals surface area contributed by atoms with Crippen molar-refractivity contribution in [2.24, 2.45) is 0 Å². The fourth-order valence-corrected chi connectivity index (χ4v) is 2.41. The molecule has 0 aliphatic carbocycles. The van der Waals surface area contributed by atoms with Crippen molar-refractivity contribution >= 4 is 5.91 Å². The highest BCUT2D eigenvalue weighted by molar-refractivity contribution is 5.94. The quantitative estimate of drug-likeness (QED) is 0.876. The van der Waals surface area contributed by atoms with Gasteiger partial charge in [-0.3, -0.25) is 4.79 Å². The molecular weight excluding hydrogens is 247 g/mol. The molecule has 0 bridgehead atoms. The van der Waals surface area contributed by atoms with Crippen LogP contribution in [0.1, 0.15) is 30.1 Å². The summed E-state index contributed by atoms with van der Waals surface area (Å²) in [6, 6.07) is 3.64. The van der Waals surface area contributed by atoms with Crippen LogP contribution in [0.3, 0.4) is 0 Å². The Morgan fingerprint density at radius 1 is 1.58 bits per heavy atom. The van der Waals surface area contributed by atoms with Gasteiger partial charge in [0.05, 0.1) is 5.56 Å². The lowest BCUT2D eigenvalue weighted by molar-refractivity contribution is 0.0902. The molecule has 104 valence electrons. The van der Waals surface area contributed by atoms with Gasteiger partial charge in [0.1, 0.15) is 11.6 Å². The molecule has 0 radical (unpaired) electrons. The molecule has 19 heavy (non-hydrogen) atoms. The number of hydrogen-bond acceptors (Lipinski definition) is 3. The topological polar surface area (TPSA) is 52.6 Å². The van der Waals surface area contributed by atoms with Gasteiger partial charge in [0.25, 0.3) is 5.91 Å². The number of phenols is 1. The van der Waals surface area contributed by atoms with E-state index in [-0.39, 0.29) is 17.4 Å². The number of phenolic OH excluding ortho intramolecular Hbond substituents is 1. The predicted molar refractivity (Wildman–Crippen MR) is 70.7 cm³/mol. The fraction of sp³-hybridized carbons (Fsp3) is 0.500. The fourth-order valence-electron chi connectivity index (χ4n) is 2.41. The van der Waals surface area contributed by atoms with E-state index in [2.05, 4.69) is 17.1 Å². The summed E-state index contributed by atoms with van der Waals surface area (Å²) in [5.74, 6) is -1.29. The van der Waals surface area contributed by atoms with Gasteiger partial charge in [-0.1, -0.05) is 6.92 Å². The molecule has 5 heteroatoms. The summed E-state index contributed by atoms with van der Waals surface area (Å²) in [6.45, 7) is 4.90. The van der Waals surface area contributed by atoms with Gasteiger partial charge >= 0.3 is 0 Å². The number of likely N-dealkylation sites (tertiary alicyclic amines) is 1. The van der Waals surface area contributed by atoms with Gasteiger partial charge in [0.2, 0.25) is 0 Å². The Morgan fingerprint density at radius 2 is 2.37 bits per heavy atom. The molecule has 0 spiro atoms. The van der Waals surface area contributed by atoms with Crippen LogP contribution in [0, 0.1) is 5.82 Å². The molecule has 1 aliphatic heterocycles. The average molecular weight is 266 g/mol. The van der Waals surface area contributed by atoms with Gasteiger partial charge in [-0.2, -0.15) is 0 Å². The SMILES string of the molecule is CCN1CCCC(NC(=O)c2ccc(O)cc2F)C1. The number of carbonyl (C=O) groups is 1. The van der Waals surface area contributed by atoms with Gasteiger partial charge in [0, 0.05) is 18.7 Å². The molecule has 4 nitrogen and oxygen atoms in total. The third-order valence-electron chi connectivity index (χ3n) is 3.49. The molecule has 1 saturated heterocycles. The van der Waals surface area contributed by atoms with E-state index in [9.17, 15) is 9.18 Å². The lowest BCUT2D eigenvalue weighted by atomic mass is 10.0. The maximum Gasteiger partial charge on any atom is 0.254 e. The van der Waals surface area contributed by atoms with E-state index in [0.29, 0.717) is 0 Å². The third kappa shape index (κ3) is 3.44. The number of nitrogens with one attached hydrogen (secondary N) is 1. The lowest BCUT2D eigenvalue weighted by Crippen LogP contribution is -2.47. The number of piperidine rings is 1. The first-order chi connectivity index (χ1) is 9.10. The number of hydrogen-bond donors (Lipinski definition) is 2. The van der Waals surface area contributed by atoms with Crippen LogP contribution >= 0.6 is 0 Å². The Kier molecular flexibility index (Phi) is 4.37. The molecule has 0 aromatic heterocycles. The van der Waals surface area contributed by atoms with E-state index < -0.39 is 11.7 Å². The van der Waals surface area contributed by atoms with E-state index in [0.717, 1.165) is 38.5 Å². The predicted octanol–water partition coefficient (Wildman–Crippen LogP) is 1.75. The molecule has 1 aliphatic rings. The van der Waals surface area contributed by atoms with E-state index >= 15 is 0 Å². The van der Waals surface area contributed by atoms with Crippen LogP contribution in [-0.2, 0) is 0 Å². The van der Waals surface area contributed by atoms with Crippen molar-refractivity contribution in [1.29, 1.82) is 0 Å². The van der Waals surface area contributed by atoms with Crippen molar-refractivity contribution in [2.45, 2.75) is 25.8 Å². The summed E-state index contributed by atoms with van der Waals surface area (Å²) < 4.78 is 13.6. The highest BCUT2D eigenvalue weighted by atomic mass is 19.1. The Labute approximate surface area is 112 Å². The minimum absolute atomic E-state index is 0.0218. The number of benzene rings is 1. The van der Waals surface area contributed by atoms with Gasteiger partial charge in [-0.25, -0.2) is 4.39 Å². The van der Waals surface area contributed by atoms with Crippen molar-refractivity contribution in [3.05, 3.63) is 29.6 Å². The van der Waals surface area contributed by atoms with E-state index in [1.54, 1.807) is 0 Å². The summed E-state index contributed by atoms with van der Waals surface area (Å²) in [6.07, 6.45) is 1.96. The molecule has 2 rings (SSSR count). The summed E-state index contributed by atoms with van der Waals surface area (Å²) >= 11 is 0. The van der Waals surface area contributed by atoms with Gasteiger partial charge in [0.15, 0.2) is 0 Å². The van der Waals surface area contributed by atoms with Crippen LogP contribution in [0.4, 0.5) is 4.39 Å². The van der Waals surface area contributed by atoms with E-state index in [4.69, 9.17) is 5.11 Å². The first-order valence-corrected chi connectivity index (χ1v) is 6.62. The molecule has 2 N–H and O–H groups in total. The van der Waals surface area contributed by atoms with Gasteiger partial charge < -0.3 is 15.3 Å². The summed E-state index contributed by atoms with van der Waals surface area (Å²) in [7, 11) is 0. The minimum Gasteiger partial charge on any atom is -0.508 e. The maximum atomic E-state index is 13.6. The zero-order valence-corrected chi connectivity index (χ0v) is 11.0. The second-order valence-corrected chi connectivity index (χ2v) is 4.87. The van der Waals surface area contributed by atoms with Crippen LogP contribution in [0.5, 0.6) is 5.75 Å². The molecule has 1 atom stereocenters. The summed E-state index contributed by atoms with van der Waals surface area (Å²) in [5.41, 5.74) is -0.0218. The molecular formula is C14H19FN2O2. The Morgan fingerprint density at radius 3 is 3.05 bits per heavy atom. The maximum absolute atomic E-state index is 13.6. The van der Waals surface area contributed by atoms with Crippen molar-refractivity contribution in [3.8, 4) is 5.75 Å². The van der Waals surface area contributed by atoms with Gasteiger partial charge in [-0.15, -0.1) is 0 Å². The molecule has 1 aromatic carbocycles. The molecule has 1 heterocycles. The standard InChI is InChI=1S/C14H19FN2O2/c1-2-17-7-3-4-10(9-17)16-14(19)12-6-5-11(18)8-13(12)15/h5-6,8,10,18H,2-4,7,9H2,1H3,(H,16,19). The number of likely N-dealkylation sites (N-methyl/N-ethyl adjacent to an activating group) is 1. The Balaban J connectivity index is 2.00. The summed E-state index contributed by atoms with van der Waals surface area (Å²) in [5, 5.41) is 12.0. The average Bonchev–Trinajstić information content (AvgIpc) is 2.38. The zero-order valence-electron chi connectivity index (χ0n) is 11.0. The van der Waals surface area contributed by atoms with Gasteiger partial charge in [-0.05, 0) is 38.1 Å². The van der Waals surface area contributed by atoms with Crippen LogP contribution in [0.2, 0.25) is 0 Å². The summed E-state index contributed by atoms with van der Waals surface area (Å²) in [4.78, 5) is 14.3. The van der Waals surface area contributed by atoms with Crippen LogP contribution in [-0.4, -0.2) is 41.6 Å². The monoisotopic (exact) mass is 266 g/mol. The minimum atomic E-state index is -0.694. The molecule has 0 saturated carbocycles. The number of amides is 1. The normalized spacial score (nSPS) is 20.2. The second kappa shape index (κ2) is 6.02. The first kappa shape index (κ1) is 13.8. The number of halogens is 1. The second-order valence-electron chi connectivity index (χ2n) is 4.87.